The molecule has 1 aromatic carbocycles. The van der Waals surface area contributed by atoms with Gasteiger partial charge in [-0.05, 0) is 49.3 Å². The van der Waals surface area contributed by atoms with Crippen molar-refractivity contribution < 1.29 is 4.79 Å². The summed E-state index contributed by atoms with van der Waals surface area (Å²) in [6, 6.07) is 8.54. The van der Waals surface area contributed by atoms with E-state index in [1.807, 2.05) is 14.1 Å². The molecular weight excluding hydrogens is 262 g/mol. The number of urea groups is 1. The third-order valence-corrected chi connectivity index (χ3v) is 4.26. The number of anilines is 1. The number of amides is 2. The van der Waals surface area contributed by atoms with Crippen molar-refractivity contribution in [2.75, 3.05) is 19.0 Å². The summed E-state index contributed by atoms with van der Waals surface area (Å²) in [7, 11) is 4.04. The number of nitrogens with zero attached hydrogens (tertiary/aromatic N) is 1. The molecular formula is C17H27N3O. The molecule has 0 saturated heterocycles. The Morgan fingerprint density at radius 1 is 1.14 bits per heavy atom. The summed E-state index contributed by atoms with van der Waals surface area (Å²) in [6.07, 6.45) is 4.64. The summed E-state index contributed by atoms with van der Waals surface area (Å²) in [5.74, 6) is 0.807. The highest BCUT2D eigenvalue weighted by Crippen LogP contribution is 2.23. The predicted octanol–water partition coefficient (Wildman–Crippen LogP) is 3.13. The number of hydrogen-bond acceptors (Lipinski definition) is 2. The SMILES string of the molecule is CC1CCC(NC(=O)NCc2ccc(N(C)C)cc2)CC1. The first kappa shape index (κ1) is 15.7. The summed E-state index contributed by atoms with van der Waals surface area (Å²) < 4.78 is 0. The summed E-state index contributed by atoms with van der Waals surface area (Å²) in [5, 5.41) is 6.02. The maximum atomic E-state index is 11.9. The molecule has 1 aliphatic rings. The Kier molecular flexibility index (Phi) is 5.48. The molecule has 0 atom stereocenters. The number of benzene rings is 1. The third kappa shape index (κ3) is 4.96. The smallest absolute Gasteiger partial charge is 0.315 e. The van der Waals surface area contributed by atoms with Crippen molar-refractivity contribution in [1.82, 2.24) is 10.6 Å². The lowest BCUT2D eigenvalue weighted by atomic mass is 9.87. The van der Waals surface area contributed by atoms with Gasteiger partial charge in [0.15, 0.2) is 0 Å². The number of rotatable bonds is 4. The lowest BCUT2D eigenvalue weighted by Gasteiger charge is -2.26. The topological polar surface area (TPSA) is 44.4 Å². The van der Waals surface area contributed by atoms with E-state index in [4.69, 9.17) is 0 Å². The average molecular weight is 289 g/mol. The van der Waals surface area contributed by atoms with Gasteiger partial charge in [0, 0.05) is 32.4 Å². The fraction of sp³-hybridized carbons (Fsp3) is 0.588. The van der Waals surface area contributed by atoms with Crippen LogP contribution in [0.25, 0.3) is 0 Å². The quantitative estimate of drug-likeness (QED) is 0.894. The number of carbonyl (C=O) groups excluding carboxylic acids is 1. The summed E-state index contributed by atoms with van der Waals surface area (Å²) >= 11 is 0. The Labute approximate surface area is 127 Å². The lowest BCUT2D eigenvalue weighted by molar-refractivity contribution is 0.228. The van der Waals surface area contributed by atoms with Crippen LogP contribution in [0.2, 0.25) is 0 Å². The Morgan fingerprint density at radius 3 is 2.33 bits per heavy atom. The van der Waals surface area contributed by atoms with Crippen LogP contribution in [0.1, 0.15) is 38.2 Å². The molecule has 2 amide bonds. The molecule has 0 heterocycles. The summed E-state index contributed by atoms with van der Waals surface area (Å²) in [5.41, 5.74) is 2.28. The van der Waals surface area contributed by atoms with E-state index in [1.165, 1.54) is 18.5 Å². The van der Waals surface area contributed by atoms with E-state index in [0.717, 1.165) is 24.3 Å². The summed E-state index contributed by atoms with van der Waals surface area (Å²) in [6.45, 7) is 2.86. The second-order valence-corrected chi connectivity index (χ2v) is 6.34. The highest BCUT2D eigenvalue weighted by atomic mass is 16.2. The molecule has 1 aromatic rings. The molecule has 0 radical (unpaired) electrons. The highest BCUT2D eigenvalue weighted by Gasteiger charge is 2.19. The molecule has 0 bridgehead atoms. The van der Waals surface area contributed by atoms with Crippen LogP contribution in [0, 0.1) is 5.92 Å². The predicted molar refractivity (Wildman–Crippen MR) is 87.6 cm³/mol. The van der Waals surface area contributed by atoms with Gasteiger partial charge in [-0.15, -0.1) is 0 Å². The van der Waals surface area contributed by atoms with Gasteiger partial charge < -0.3 is 15.5 Å². The van der Waals surface area contributed by atoms with Gasteiger partial charge in [0.05, 0.1) is 0 Å². The molecule has 4 nitrogen and oxygen atoms in total. The Balaban J connectivity index is 1.73. The normalized spacial score (nSPS) is 21.7. The minimum absolute atomic E-state index is 0.0498. The molecule has 116 valence electrons. The zero-order valence-corrected chi connectivity index (χ0v) is 13.4. The Morgan fingerprint density at radius 2 is 1.76 bits per heavy atom. The molecule has 0 aliphatic heterocycles. The lowest BCUT2D eigenvalue weighted by Crippen LogP contribution is -2.43. The summed E-state index contributed by atoms with van der Waals surface area (Å²) in [4.78, 5) is 14.0. The van der Waals surface area contributed by atoms with Gasteiger partial charge in [-0.2, -0.15) is 0 Å². The van der Waals surface area contributed by atoms with E-state index in [1.54, 1.807) is 0 Å². The van der Waals surface area contributed by atoms with Crippen LogP contribution in [0.4, 0.5) is 10.5 Å². The fourth-order valence-corrected chi connectivity index (χ4v) is 2.74. The van der Waals surface area contributed by atoms with Crippen LogP contribution in [-0.2, 0) is 6.54 Å². The first-order chi connectivity index (χ1) is 10.0. The molecule has 0 aromatic heterocycles. The molecule has 1 fully saturated rings. The maximum absolute atomic E-state index is 11.9. The van der Waals surface area contributed by atoms with E-state index in [2.05, 4.69) is 46.7 Å². The molecule has 21 heavy (non-hydrogen) atoms. The van der Waals surface area contributed by atoms with Crippen LogP contribution in [0.5, 0.6) is 0 Å². The van der Waals surface area contributed by atoms with Crippen molar-refractivity contribution in [1.29, 1.82) is 0 Å². The van der Waals surface area contributed by atoms with Crippen LogP contribution < -0.4 is 15.5 Å². The van der Waals surface area contributed by atoms with Crippen LogP contribution in [-0.4, -0.2) is 26.2 Å². The van der Waals surface area contributed by atoms with Crippen LogP contribution in [0.15, 0.2) is 24.3 Å². The van der Waals surface area contributed by atoms with E-state index in [0.29, 0.717) is 12.6 Å². The second kappa shape index (κ2) is 7.34. The first-order valence-corrected chi connectivity index (χ1v) is 7.85. The maximum Gasteiger partial charge on any atom is 0.315 e. The zero-order chi connectivity index (χ0) is 15.2. The number of hydrogen-bond donors (Lipinski definition) is 2. The number of nitrogens with one attached hydrogen (secondary N) is 2. The van der Waals surface area contributed by atoms with Crippen molar-refractivity contribution in [2.45, 2.75) is 45.2 Å². The Hall–Kier alpha value is -1.71. The molecule has 1 aliphatic carbocycles. The van der Waals surface area contributed by atoms with Gasteiger partial charge in [0.25, 0.3) is 0 Å². The second-order valence-electron chi connectivity index (χ2n) is 6.34. The van der Waals surface area contributed by atoms with Crippen molar-refractivity contribution >= 4 is 11.7 Å². The van der Waals surface area contributed by atoms with Gasteiger partial charge in [-0.25, -0.2) is 4.79 Å². The monoisotopic (exact) mass is 289 g/mol. The molecule has 4 heteroatoms. The van der Waals surface area contributed by atoms with Crippen molar-refractivity contribution in [3.63, 3.8) is 0 Å². The highest BCUT2D eigenvalue weighted by molar-refractivity contribution is 5.74. The van der Waals surface area contributed by atoms with Gasteiger partial charge in [0.1, 0.15) is 0 Å². The zero-order valence-electron chi connectivity index (χ0n) is 13.4. The van der Waals surface area contributed by atoms with E-state index < -0.39 is 0 Å². The van der Waals surface area contributed by atoms with E-state index in [-0.39, 0.29) is 6.03 Å². The molecule has 0 unspecified atom stereocenters. The first-order valence-electron chi connectivity index (χ1n) is 7.85. The molecule has 0 spiro atoms. The largest absolute Gasteiger partial charge is 0.378 e. The van der Waals surface area contributed by atoms with Crippen molar-refractivity contribution in [3.05, 3.63) is 29.8 Å². The third-order valence-electron chi connectivity index (χ3n) is 4.26. The van der Waals surface area contributed by atoms with E-state index in [9.17, 15) is 4.79 Å². The fourth-order valence-electron chi connectivity index (χ4n) is 2.74. The molecule has 1 saturated carbocycles. The van der Waals surface area contributed by atoms with Gasteiger partial charge in [0.2, 0.25) is 0 Å². The molecule has 2 rings (SSSR count). The van der Waals surface area contributed by atoms with Gasteiger partial charge in [-0.1, -0.05) is 19.1 Å². The minimum atomic E-state index is -0.0498. The van der Waals surface area contributed by atoms with Gasteiger partial charge >= 0.3 is 6.03 Å². The van der Waals surface area contributed by atoms with Crippen molar-refractivity contribution in [2.24, 2.45) is 5.92 Å². The van der Waals surface area contributed by atoms with Crippen LogP contribution >= 0.6 is 0 Å². The van der Waals surface area contributed by atoms with Gasteiger partial charge in [-0.3, -0.25) is 0 Å². The standard InChI is InChI=1S/C17H27N3O/c1-13-4-8-15(9-5-13)19-17(21)18-12-14-6-10-16(11-7-14)20(2)3/h6-7,10-11,13,15H,4-5,8-9,12H2,1-3H3,(H2,18,19,21). The average Bonchev–Trinajstić information content (AvgIpc) is 2.48. The number of carbonyl (C=O) groups is 1. The Bertz CT molecular complexity index is 448. The van der Waals surface area contributed by atoms with Crippen molar-refractivity contribution in [3.8, 4) is 0 Å². The van der Waals surface area contributed by atoms with E-state index >= 15 is 0 Å². The minimum Gasteiger partial charge on any atom is -0.378 e. The van der Waals surface area contributed by atoms with Crippen LogP contribution in [0.3, 0.4) is 0 Å². The molecule has 2 N–H and O–H groups in total.